The van der Waals surface area contributed by atoms with E-state index in [0.717, 1.165) is 31.7 Å². The van der Waals surface area contributed by atoms with Crippen LogP contribution in [0.15, 0.2) is 24.3 Å². The summed E-state index contributed by atoms with van der Waals surface area (Å²) in [5.74, 6) is 0.958. The van der Waals surface area contributed by atoms with E-state index >= 15 is 0 Å². The predicted molar refractivity (Wildman–Crippen MR) is 77.6 cm³/mol. The van der Waals surface area contributed by atoms with Crippen molar-refractivity contribution in [3.63, 3.8) is 0 Å². The van der Waals surface area contributed by atoms with Crippen LogP contribution in [0, 0.1) is 0 Å². The molecule has 1 aromatic rings. The Morgan fingerprint density at radius 3 is 2.84 bits per heavy atom. The minimum atomic E-state index is -0.00453. The molecule has 0 spiro atoms. The topological polar surface area (TPSA) is 30.5 Å². The largest absolute Gasteiger partial charge is 0.496 e. The first kappa shape index (κ1) is 14.4. The van der Waals surface area contributed by atoms with Gasteiger partial charge in [-0.25, -0.2) is 0 Å². The predicted octanol–water partition coefficient (Wildman–Crippen LogP) is 3.31. The van der Waals surface area contributed by atoms with Crippen molar-refractivity contribution in [3.8, 4) is 5.75 Å². The fraction of sp³-hybridized carbons (Fsp3) is 0.625. The van der Waals surface area contributed by atoms with E-state index in [0.29, 0.717) is 6.04 Å². The van der Waals surface area contributed by atoms with Crippen molar-refractivity contribution in [1.82, 2.24) is 5.32 Å². The molecule has 1 aliphatic heterocycles. The van der Waals surface area contributed by atoms with Gasteiger partial charge in [0.15, 0.2) is 0 Å². The van der Waals surface area contributed by atoms with Gasteiger partial charge in [0.2, 0.25) is 0 Å². The molecule has 3 nitrogen and oxygen atoms in total. The van der Waals surface area contributed by atoms with Gasteiger partial charge >= 0.3 is 0 Å². The third-order valence-electron chi connectivity index (χ3n) is 3.95. The summed E-state index contributed by atoms with van der Waals surface area (Å²) in [5, 5.41) is 3.64. The van der Waals surface area contributed by atoms with Crippen LogP contribution in [0.4, 0.5) is 0 Å². The average Bonchev–Trinajstić information content (AvgIpc) is 2.87. The fourth-order valence-electron chi connectivity index (χ4n) is 2.74. The molecule has 0 bridgehead atoms. The number of hydrogen-bond acceptors (Lipinski definition) is 3. The number of benzene rings is 1. The third kappa shape index (κ3) is 3.48. The lowest BCUT2D eigenvalue weighted by Gasteiger charge is -2.28. The van der Waals surface area contributed by atoms with E-state index in [1.807, 2.05) is 12.1 Å². The van der Waals surface area contributed by atoms with Crippen molar-refractivity contribution in [2.75, 3.05) is 20.3 Å². The molecule has 0 aliphatic carbocycles. The molecule has 1 fully saturated rings. The second-order valence-electron chi connectivity index (χ2n) is 5.49. The monoisotopic (exact) mass is 263 g/mol. The Hall–Kier alpha value is -1.06. The van der Waals surface area contributed by atoms with Crippen LogP contribution in [0.2, 0.25) is 0 Å². The van der Waals surface area contributed by atoms with Gasteiger partial charge < -0.3 is 14.8 Å². The standard InChI is InChI=1S/C16H25NO2/c1-4-14(13-8-5-6-9-15(13)18-3)17-12-16(2)10-7-11-19-16/h5-6,8-9,14,17H,4,7,10-12H2,1-3H3. The molecule has 0 radical (unpaired) electrons. The Morgan fingerprint density at radius 1 is 1.42 bits per heavy atom. The van der Waals surface area contributed by atoms with Gasteiger partial charge in [-0.1, -0.05) is 25.1 Å². The highest BCUT2D eigenvalue weighted by molar-refractivity contribution is 5.35. The molecule has 1 aliphatic rings. The summed E-state index contributed by atoms with van der Waals surface area (Å²) >= 11 is 0. The molecule has 0 aromatic heterocycles. The summed E-state index contributed by atoms with van der Waals surface area (Å²) in [4.78, 5) is 0. The molecular formula is C16H25NO2. The molecule has 2 atom stereocenters. The maximum absolute atomic E-state index is 5.83. The van der Waals surface area contributed by atoms with Gasteiger partial charge in [0.25, 0.3) is 0 Å². The maximum Gasteiger partial charge on any atom is 0.123 e. The zero-order valence-electron chi connectivity index (χ0n) is 12.2. The lowest BCUT2D eigenvalue weighted by Crippen LogP contribution is -2.38. The van der Waals surface area contributed by atoms with Crippen molar-refractivity contribution in [2.45, 2.75) is 44.8 Å². The van der Waals surface area contributed by atoms with Crippen LogP contribution in [0.1, 0.15) is 44.7 Å². The second-order valence-corrected chi connectivity index (χ2v) is 5.49. The van der Waals surface area contributed by atoms with Crippen LogP contribution in [0.5, 0.6) is 5.75 Å². The molecule has 1 N–H and O–H groups in total. The summed E-state index contributed by atoms with van der Waals surface area (Å²) in [7, 11) is 1.73. The molecule has 106 valence electrons. The molecule has 19 heavy (non-hydrogen) atoms. The molecule has 1 heterocycles. The first-order valence-corrected chi connectivity index (χ1v) is 7.19. The Balaban J connectivity index is 2.03. The van der Waals surface area contributed by atoms with E-state index in [-0.39, 0.29) is 5.60 Å². The van der Waals surface area contributed by atoms with Gasteiger partial charge in [0, 0.05) is 24.8 Å². The minimum Gasteiger partial charge on any atom is -0.496 e. The van der Waals surface area contributed by atoms with Crippen LogP contribution in [-0.2, 0) is 4.74 Å². The van der Waals surface area contributed by atoms with E-state index in [1.54, 1.807) is 7.11 Å². The Kier molecular flexibility index (Phi) is 4.83. The first-order chi connectivity index (χ1) is 9.18. The van der Waals surface area contributed by atoms with Gasteiger partial charge in [0.1, 0.15) is 5.75 Å². The molecule has 0 saturated carbocycles. The Morgan fingerprint density at radius 2 is 2.21 bits per heavy atom. The fourth-order valence-corrected chi connectivity index (χ4v) is 2.74. The van der Waals surface area contributed by atoms with Gasteiger partial charge in [0.05, 0.1) is 12.7 Å². The quantitative estimate of drug-likeness (QED) is 0.854. The Bertz CT molecular complexity index is 399. The lowest BCUT2D eigenvalue weighted by atomic mass is 9.99. The van der Waals surface area contributed by atoms with E-state index in [9.17, 15) is 0 Å². The molecule has 2 rings (SSSR count). The number of ether oxygens (including phenoxy) is 2. The van der Waals surface area contributed by atoms with Crippen molar-refractivity contribution in [1.29, 1.82) is 0 Å². The van der Waals surface area contributed by atoms with Gasteiger partial charge in [-0.05, 0) is 32.3 Å². The first-order valence-electron chi connectivity index (χ1n) is 7.19. The van der Waals surface area contributed by atoms with Crippen molar-refractivity contribution in [3.05, 3.63) is 29.8 Å². The van der Waals surface area contributed by atoms with Crippen molar-refractivity contribution < 1.29 is 9.47 Å². The summed E-state index contributed by atoms with van der Waals surface area (Å²) in [6.07, 6.45) is 3.35. The molecular weight excluding hydrogens is 238 g/mol. The van der Waals surface area contributed by atoms with E-state index in [2.05, 4.69) is 31.3 Å². The van der Waals surface area contributed by atoms with Crippen LogP contribution in [-0.4, -0.2) is 25.9 Å². The summed E-state index contributed by atoms with van der Waals surface area (Å²) in [5.41, 5.74) is 1.23. The molecule has 2 unspecified atom stereocenters. The smallest absolute Gasteiger partial charge is 0.123 e. The summed E-state index contributed by atoms with van der Waals surface area (Å²) in [6, 6.07) is 8.55. The number of para-hydroxylation sites is 1. The minimum absolute atomic E-state index is 0.00453. The van der Waals surface area contributed by atoms with Gasteiger partial charge in [-0.2, -0.15) is 0 Å². The van der Waals surface area contributed by atoms with Crippen molar-refractivity contribution >= 4 is 0 Å². The zero-order valence-corrected chi connectivity index (χ0v) is 12.2. The lowest BCUT2D eigenvalue weighted by molar-refractivity contribution is 0.0185. The average molecular weight is 263 g/mol. The van der Waals surface area contributed by atoms with Crippen LogP contribution in [0.25, 0.3) is 0 Å². The molecule has 3 heteroatoms. The van der Waals surface area contributed by atoms with E-state index in [4.69, 9.17) is 9.47 Å². The highest BCUT2D eigenvalue weighted by Crippen LogP contribution is 2.29. The van der Waals surface area contributed by atoms with Crippen LogP contribution in [0.3, 0.4) is 0 Å². The highest BCUT2D eigenvalue weighted by atomic mass is 16.5. The number of hydrogen-bond donors (Lipinski definition) is 1. The van der Waals surface area contributed by atoms with Crippen LogP contribution < -0.4 is 10.1 Å². The molecule has 1 saturated heterocycles. The number of nitrogens with one attached hydrogen (secondary N) is 1. The SMILES string of the molecule is CCC(NCC1(C)CCCO1)c1ccccc1OC. The normalized spacial score (nSPS) is 24.4. The third-order valence-corrected chi connectivity index (χ3v) is 3.95. The zero-order chi connectivity index (χ0) is 13.7. The highest BCUT2D eigenvalue weighted by Gasteiger charge is 2.30. The number of rotatable bonds is 6. The van der Waals surface area contributed by atoms with Gasteiger partial charge in [-0.3, -0.25) is 0 Å². The molecule has 1 aromatic carbocycles. The Labute approximate surface area is 116 Å². The van der Waals surface area contributed by atoms with E-state index < -0.39 is 0 Å². The summed E-state index contributed by atoms with van der Waals surface area (Å²) in [6.45, 7) is 6.18. The molecule has 0 amide bonds. The maximum atomic E-state index is 5.83. The van der Waals surface area contributed by atoms with Gasteiger partial charge in [-0.15, -0.1) is 0 Å². The second kappa shape index (κ2) is 6.40. The summed E-state index contributed by atoms with van der Waals surface area (Å²) < 4.78 is 11.3. The van der Waals surface area contributed by atoms with E-state index in [1.165, 1.54) is 12.0 Å². The number of methoxy groups -OCH3 is 1. The van der Waals surface area contributed by atoms with Crippen LogP contribution >= 0.6 is 0 Å². The van der Waals surface area contributed by atoms with Crippen molar-refractivity contribution in [2.24, 2.45) is 0 Å².